The van der Waals surface area contributed by atoms with Crippen molar-refractivity contribution in [1.29, 1.82) is 0 Å². The lowest BCUT2D eigenvalue weighted by Gasteiger charge is -2.19. The zero-order chi connectivity index (χ0) is 15.2. The van der Waals surface area contributed by atoms with E-state index in [1.807, 2.05) is 0 Å². The molecule has 2 atom stereocenters. The quantitative estimate of drug-likeness (QED) is 0.779. The molecule has 1 aromatic rings. The van der Waals surface area contributed by atoms with Crippen molar-refractivity contribution in [2.24, 2.45) is 11.7 Å². The first-order valence-electron chi connectivity index (χ1n) is 7.38. The molecule has 2 rings (SSSR count). The number of amides is 1. The standard InChI is InChI=1S/C16H21ClN2O2.ClH/c17-13-6-4-11(5-7-13)15(20)8-9-16(21)19-14-3-1-2-12(14)10-18;/h4-7,12,14H,1-3,8-10,18H2,(H,19,21);1H. The van der Waals surface area contributed by atoms with Crippen LogP contribution in [0.3, 0.4) is 0 Å². The van der Waals surface area contributed by atoms with Gasteiger partial charge in [-0.05, 0) is 49.6 Å². The monoisotopic (exact) mass is 344 g/mol. The van der Waals surface area contributed by atoms with E-state index in [1.165, 1.54) is 0 Å². The molecule has 1 aliphatic rings. The molecular formula is C16H22Cl2N2O2. The highest BCUT2D eigenvalue weighted by atomic mass is 35.5. The number of hydrogen-bond donors (Lipinski definition) is 2. The van der Waals surface area contributed by atoms with E-state index < -0.39 is 0 Å². The number of hydrogen-bond acceptors (Lipinski definition) is 3. The SMILES string of the molecule is Cl.NCC1CCCC1NC(=O)CCC(=O)c1ccc(Cl)cc1. The molecule has 1 amide bonds. The van der Waals surface area contributed by atoms with Crippen molar-refractivity contribution in [3.63, 3.8) is 0 Å². The summed E-state index contributed by atoms with van der Waals surface area (Å²) in [6.45, 7) is 0.606. The third-order valence-electron chi connectivity index (χ3n) is 4.05. The molecule has 0 bridgehead atoms. The largest absolute Gasteiger partial charge is 0.353 e. The minimum atomic E-state index is -0.0670. The second kappa shape index (κ2) is 9.13. The predicted molar refractivity (Wildman–Crippen MR) is 90.6 cm³/mol. The Morgan fingerprint density at radius 2 is 1.86 bits per heavy atom. The number of benzene rings is 1. The average Bonchev–Trinajstić information content (AvgIpc) is 2.92. The molecule has 2 unspecified atom stereocenters. The van der Waals surface area contributed by atoms with Gasteiger partial charge in [-0.2, -0.15) is 0 Å². The lowest BCUT2D eigenvalue weighted by molar-refractivity contribution is -0.122. The van der Waals surface area contributed by atoms with Gasteiger partial charge in [0, 0.05) is 29.5 Å². The van der Waals surface area contributed by atoms with Crippen molar-refractivity contribution in [3.8, 4) is 0 Å². The van der Waals surface area contributed by atoms with Crippen molar-refractivity contribution in [3.05, 3.63) is 34.9 Å². The lowest BCUT2D eigenvalue weighted by atomic mass is 10.0. The van der Waals surface area contributed by atoms with Crippen LogP contribution in [-0.2, 0) is 4.79 Å². The molecule has 0 radical (unpaired) electrons. The smallest absolute Gasteiger partial charge is 0.220 e. The summed E-state index contributed by atoms with van der Waals surface area (Å²) in [6.07, 6.45) is 3.60. The van der Waals surface area contributed by atoms with E-state index in [1.54, 1.807) is 24.3 Å². The number of halogens is 2. The van der Waals surface area contributed by atoms with E-state index in [9.17, 15) is 9.59 Å². The molecule has 1 saturated carbocycles. The maximum absolute atomic E-state index is 12.0. The summed E-state index contributed by atoms with van der Waals surface area (Å²) in [5.41, 5.74) is 6.28. The van der Waals surface area contributed by atoms with Crippen molar-refractivity contribution in [1.82, 2.24) is 5.32 Å². The van der Waals surface area contributed by atoms with Crippen LogP contribution in [0.25, 0.3) is 0 Å². The van der Waals surface area contributed by atoms with Gasteiger partial charge in [0.15, 0.2) is 5.78 Å². The summed E-state index contributed by atoms with van der Waals surface area (Å²) in [5.74, 6) is 0.271. The number of carbonyl (C=O) groups excluding carboxylic acids is 2. The van der Waals surface area contributed by atoms with Gasteiger partial charge in [-0.15, -0.1) is 12.4 Å². The van der Waals surface area contributed by atoms with Crippen LogP contribution in [0, 0.1) is 5.92 Å². The first-order valence-corrected chi connectivity index (χ1v) is 7.76. The van der Waals surface area contributed by atoms with E-state index >= 15 is 0 Å². The van der Waals surface area contributed by atoms with Crippen molar-refractivity contribution in [2.75, 3.05) is 6.54 Å². The number of Topliss-reactive ketones (excluding diaryl/α,β-unsaturated/α-hetero) is 1. The molecule has 0 aliphatic heterocycles. The molecule has 3 N–H and O–H groups in total. The van der Waals surface area contributed by atoms with E-state index in [0.29, 0.717) is 23.0 Å². The van der Waals surface area contributed by atoms with Gasteiger partial charge in [-0.1, -0.05) is 18.0 Å². The molecule has 0 spiro atoms. The Kier molecular flexibility index (Phi) is 7.87. The lowest BCUT2D eigenvalue weighted by Crippen LogP contribution is -2.39. The maximum atomic E-state index is 12.0. The van der Waals surface area contributed by atoms with Crippen molar-refractivity contribution < 1.29 is 9.59 Å². The fraction of sp³-hybridized carbons (Fsp3) is 0.500. The molecule has 0 saturated heterocycles. The van der Waals surface area contributed by atoms with Gasteiger partial charge in [0.2, 0.25) is 5.91 Å². The van der Waals surface area contributed by atoms with Gasteiger partial charge >= 0.3 is 0 Å². The fourth-order valence-corrected chi connectivity index (χ4v) is 2.92. The first kappa shape index (κ1) is 18.9. The third-order valence-corrected chi connectivity index (χ3v) is 4.31. The van der Waals surface area contributed by atoms with Crippen molar-refractivity contribution in [2.45, 2.75) is 38.1 Å². The molecule has 122 valence electrons. The molecule has 22 heavy (non-hydrogen) atoms. The molecule has 0 aromatic heterocycles. The molecule has 6 heteroatoms. The van der Waals surface area contributed by atoms with Gasteiger partial charge in [0.1, 0.15) is 0 Å². The third kappa shape index (κ3) is 5.27. The van der Waals surface area contributed by atoms with Crippen LogP contribution < -0.4 is 11.1 Å². The van der Waals surface area contributed by atoms with Crippen LogP contribution in [0.4, 0.5) is 0 Å². The molecule has 1 fully saturated rings. The average molecular weight is 345 g/mol. The Morgan fingerprint density at radius 3 is 2.50 bits per heavy atom. The normalized spacial score (nSPS) is 20.3. The maximum Gasteiger partial charge on any atom is 0.220 e. The molecule has 1 aliphatic carbocycles. The summed E-state index contributed by atoms with van der Waals surface area (Å²) in [4.78, 5) is 23.9. The zero-order valence-corrected chi connectivity index (χ0v) is 14.0. The minimum absolute atomic E-state index is 0. The Balaban J connectivity index is 0.00000242. The predicted octanol–water partition coefficient (Wildman–Crippen LogP) is 2.97. The number of rotatable bonds is 6. The molecule has 1 aromatic carbocycles. The Morgan fingerprint density at radius 1 is 1.18 bits per heavy atom. The van der Waals surface area contributed by atoms with E-state index in [-0.39, 0.29) is 43.0 Å². The van der Waals surface area contributed by atoms with Gasteiger partial charge < -0.3 is 11.1 Å². The summed E-state index contributed by atoms with van der Waals surface area (Å²) in [5, 5.41) is 3.60. The second-order valence-electron chi connectivity index (χ2n) is 5.53. The number of carbonyl (C=O) groups is 2. The fourth-order valence-electron chi connectivity index (χ4n) is 2.80. The number of nitrogens with two attached hydrogens (primary N) is 1. The second-order valence-corrected chi connectivity index (χ2v) is 5.97. The highest BCUT2D eigenvalue weighted by molar-refractivity contribution is 6.30. The van der Waals surface area contributed by atoms with Gasteiger partial charge in [0.25, 0.3) is 0 Å². The Bertz CT molecular complexity index is 505. The summed E-state index contributed by atoms with van der Waals surface area (Å²) < 4.78 is 0. The topological polar surface area (TPSA) is 72.2 Å². The zero-order valence-electron chi connectivity index (χ0n) is 12.4. The summed E-state index contributed by atoms with van der Waals surface area (Å²) >= 11 is 5.78. The molecule has 0 heterocycles. The van der Waals surface area contributed by atoms with Gasteiger partial charge in [-0.3, -0.25) is 9.59 Å². The van der Waals surface area contributed by atoms with E-state index in [4.69, 9.17) is 17.3 Å². The molecular weight excluding hydrogens is 323 g/mol. The van der Waals surface area contributed by atoms with Crippen LogP contribution in [0.1, 0.15) is 42.5 Å². The molecule has 4 nitrogen and oxygen atoms in total. The highest BCUT2D eigenvalue weighted by Crippen LogP contribution is 2.24. The van der Waals surface area contributed by atoms with Crippen LogP contribution in [0.15, 0.2) is 24.3 Å². The van der Waals surface area contributed by atoms with Gasteiger partial charge in [0.05, 0.1) is 0 Å². The summed E-state index contributed by atoms with van der Waals surface area (Å²) in [7, 11) is 0. The van der Waals surface area contributed by atoms with E-state index in [0.717, 1.165) is 19.3 Å². The van der Waals surface area contributed by atoms with Crippen LogP contribution in [0.2, 0.25) is 5.02 Å². The number of nitrogens with one attached hydrogen (secondary N) is 1. The van der Waals surface area contributed by atoms with Gasteiger partial charge in [-0.25, -0.2) is 0 Å². The Hall–Kier alpha value is -1.10. The van der Waals surface area contributed by atoms with Crippen LogP contribution >= 0.6 is 24.0 Å². The highest BCUT2D eigenvalue weighted by Gasteiger charge is 2.27. The summed E-state index contributed by atoms with van der Waals surface area (Å²) in [6, 6.07) is 6.90. The van der Waals surface area contributed by atoms with Crippen LogP contribution in [-0.4, -0.2) is 24.3 Å². The van der Waals surface area contributed by atoms with Crippen LogP contribution in [0.5, 0.6) is 0 Å². The number of ketones is 1. The van der Waals surface area contributed by atoms with E-state index in [2.05, 4.69) is 5.32 Å². The first-order chi connectivity index (χ1) is 10.1. The minimum Gasteiger partial charge on any atom is -0.353 e. The van der Waals surface area contributed by atoms with Crippen molar-refractivity contribution >= 4 is 35.7 Å². The Labute approximate surface area is 142 Å².